The SMILES string of the molecule is CC1(C)C(=O)C2[C@H]3[C@@H]1[C@@H]1C(=O)CC4COC23[C@@H]41. The van der Waals surface area contributed by atoms with E-state index in [2.05, 4.69) is 0 Å². The Labute approximate surface area is 99.9 Å². The quantitative estimate of drug-likeness (QED) is 0.627. The standard InChI is InChI=1S/C14H16O3/c1-13(2)9-7-6(15)3-5-4-17-14(8(5)7)10(9)11(14)12(13)16/h5,7-11H,3-4H2,1-2H3/t5?,7-,8+,9+,10-,11?,14?/m1/s1. The van der Waals surface area contributed by atoms with Crippen LogP contribution in [0, 0.1) is 40.9 Å². The van der Waals surface area contributed by atoms with Gasteiger partial charge in [0.05, 0.1) is 18.1 Å². The van der Waals surface area contributed by atoms with Crippen LogP contribution in [0.3, 0.4) is 0 Å². The third-order valence-electron chi connectivity index (χ3n) is 6.58. The fraction of sp³-hybridized carbons (Fsp3) is 0.857. The van der Waals surface area contributed by atoms with Crippen LogP contribution >= 0.6 is 0 Å². The van der Waals surface area contributed by atoms with Crippen LogP contribution in [0.2, 0.25) is 0 Å². The molecule has 5 rings (SSSR count). The van der Waals surface area contributed by atoms with Crippen LogP contribution in [0.25, 0.3) is 0 Å². The molecule has 1 aliphatic heterocycles. The molecule has 90 valence electrons. The van der Waals surface area contributed by atoms with Gasteiger partial charge in [0.2, 0.25) is 0 Å². The Balaban J connectivity index is 1.76. The zero-order chi connectivity index (χ0) is 11.7. The Bertz CT molecular complexity index is 494. The average molecular weight is 232 g/mol. The molecular weight excluding hydrogens is 216 g/mol. The molecule has 3 nitrogen and oxygen atoms in total. The number of fused-ring (bicyclic) bond motifs is 1. The first-order valence-corrected chi connectivity index (χ1v) is 6.72. The van der Waals surface area contributed by atoms with E-state index < -0.39 is 0 Å². The van der Waals surface area contributed by atoms with Gasteiger partial charge in [-0.15, -0.1) is 0 Å². The predicted molar refractivity (Wildman–Crippen MR) is 58.0 cm³/mol. The van der Waals surface area contributed by atoms with Gasteiger partial charge in [-0.05, 0) is 11.8 Å². The van der Waals surface area contributed by atoms with E-state index in [1.807, 2.05) is 13.8 Å². The van der Waals surface area contributed by atoms with Gasteiger partial charge in [0.1, 0.15) is 11.6 Å². The van der Waals surface area contributed by atoms with Gasteiger partial charge in [0.25, 0.3) is 0 Å². The van der Waals surface area contributed by atoms with Crippen molar-refractivity contribution in [3.63, 3.8) is 0 Å². The van der Waals surface area contributed by atoms with Gasteiger partial charge >= 0.3 is 0 Å². The second-order valence-corrected chi connectivity index (χ2v) is 7.26. The summed E-state index contributed by atoms with van der Waals surface area (Å²) in [7, 11) is 0. The molecule has 1 saturated heterocycles. The largest absolute Gasteiger partial charge is 0.373 e. The van der Waals surface area contributed by atoms with E-state index in [4.69, 9.17) is 4.74 Å². The molecule has 0 bridgehead atoms. The van der Waals surface area contributed by atoms with Crippen LogP contribution in [0.15, 0.2) is 0 Å². The minimum absolute atomic E-state index is 0.139. The zero-order valence-electron chi connectivity index (χ0n) is 10.1. The normalized spacial score (nSPS) is 64.1. The van der Waals surface area contributed by atoms with Gasteiger partial charge in [-0.1, -0.05) is 13.8 Å². The molecule has 0 amide bonds. The lowest BCUT2D eigenvalue weighted by Crippen LogP contribution is -2.34. The fourth-order valence-electron chi connectivity index (χ4n) is 6.17. The van der Waals surface area contributed by atoms with Crippen LogP contribution in [0.1, 0.15) is 20.3 Å². The third-order valence-corrected chi connectivity index (χ3v) is 6.58. The second-order valence-electron chi connectivity index (χ2n) is 7.26. The van der Waals surface area contributed by atoms with Gasteiger partial charge in [-0.2, -0.15) is 0 Å². The minimum Gasteiger partial charge on any atom is -0.373 e. The number of hydrogen-bond acceptors (Lipinski definition) is 3. The highest BCUT2D eigenvalue weighted by molar-refractivity contribution is 5.99. The van der Waals surface area contributed by atoms with Gasteiger partial charge in [-0.3, -0.25) is 9.59 Å². The molecule has 0 aromatic heterocycles. The Morgan fingerprint density at radius 1 is 1.18 bits per heavy atom. The molecule has 0 aromatic carbocycles. The van der Waals surface area contributed by atoms with Gasteiger partial charge in [-0.25, -0.2) is 0 Å². The van der Waals surface area contributed by atoms with Crippen LogP contribution in [0.4, 0.5) is 0 Å². The first-order chi connectivity index (χ1) is 8.01. The molecule has 5 aliphatic rings. The van der Waals surface area contributed by atoms with E-state index in [1.54, 1.807) is 0 Å². The van der Waals surface area contributed by atoms with E-state index in [0.29, 0.717) is 35.7 Å². The highest BCUT2D eigenvalue weighted by atomic mass is 16.5. The fourth-order valence-corrected chi connectivity index (χ4v) is 6.17. The maximum atomic E-state index is 12.5. The van der Waals surface area contributed by atoms with Crippen LogP contribution in [-0.4, -0.2) is 23.8 Å². The number of ketones is 2. The summed E-state index contributed by atoms with van der Waals surface area (Å²) in [6.07, 6.45) is 0.706. The minimum atomic E-state index is -0.288. The van der Waals surface area contributed by atoms with Gasteiger partial charge in [0.15, 0.2) is 0 Å². The number of Topliss-reactive ketones (excluding diaryl/α,β-unsaturated/α-hetero) is 2. The van der Waals surface area contributed by atoms with Crippen molar-refractivity contribution in [3.05, 3.63) is 0 Å². The molecule has 4 saturated carbocycles. The topological polar surface area (TPSA) is 43.4 Å². The van der Waals surface area contributed by atoms with Crippen LogP contribution in [0.5, 0.6) is 0 Å². The number of carbonyl (C=O) groups excluding carboxylic acids is 2. The summed E-state index contributed by atoms with van der Waals surface area (Å²) in [5.41, 5.74) is -0.456. The van der Waals surface area contributed by atoms with Crippen molar-refractivity contribution in [2.24, 2.45) is 40.9 Å². The van der Waals surface area contributed by atoms with Crippen molar-refractivity contribution in [1.82, 2.24) is 0 Å². The molecular formula is C14H16O3. The molecule has 0 aromatic rings. The zero-order valence-corrected chi connectivity index (χ0v) is 10.1. The lowest BCUT2D eigenvalue weighted by Gasteiger charge is -2.29. The summed E-state index contributed by atoms with van der Waals surface area (Å²) >= 11 is 0. The molecule has 3 unspecified atom stereocenters. The smallest absolute Gasteiger partial charge is 0.145 e. The summed E-state index contributed by atoms with van der Waals surface area (Å²) in [5, 5.41) is 0. The van der Waals surface area contributed by atoms with Crippen molar-refractivity contribution in [2.45, 2.75) is 25.9 Å². The summed E-state index contributed by atoms with van der Waals surface area (Å²) < 4.78 is 6.05. The van der Waals surface area contributed by atoms with E-state index in [1.165, 1.54) is 0 Å². The summed E-state index contributed by atoms with van der Waals surface area (Å²) in [6.45, 7) is 4.81. The first-order valence-electron chi connectivity index (χ1n) is 6.72. The summed E-state index contributed by atoms with van der Waals surface area (Å²) in [4.78, 5) is 24.7. The lowest BCUT2D eigenvalue weighted by atomic mass is 9.73. The molecule has 3 heteroatoms. The molecule has 1 spiro atoms. The van der Waals surface area contributed by atoms with Crippen LogP contribution < -0.4 is 0 Å². The van der Waals surface area contributed by atoms with E-state index in [9.17, 15) is 9.59 Å². The first kappa shape index (κ1) is 9.26. The van der Waals surface area contributed by atoms with Crippen LogP contribution in [-0.2, 0) is 14.3 Å². The third kappa shape index (κ3) is 0.635. The number of ether oxygens (including phenoxy) is 1. The number of hydrogen-bond donors (Lipinski definition) is 0. The lowest BCUT2D eigenvalue weighted by molar-refractivity contribution is -0.130. The molecule has 17 heavy (non-hydrogen) atoms. The molecule has 1 heterocycles. The van der Waals surface area contributed by atoms with Crippen molar-refractivity contribution >= 4 is 11.6 Å². The van der Waals surface area contributed by atoms with Crippen molar-refractivity contribution in [2.75, 3.05) is 6.61 Å². The highest BCUT2D eigenvalue weighted by Crippen LogP contribution is 2.83. The van der Waals surface area contributed by atoms with Crippen molar-refractivity contribution in [3.8, 4) is 0 Å². The van der Waals surface area contributed by atoms with E-state index >= 15 is 0 Å². The maximum absolute atomic E-state index is 12.5. The Morgan fingerprint density at radius 2 is 1.94 bits per heavy atom. The molecule has 5 fully saturated rings. The van der Waals surface area contributed by atoms with Gasteiger partial charge in [0, 0.05) is 29.6 Å². The Kier molecular flexibility index (Phi) is 1.16. The van der Waals surface area contributed by atoms with Crippen molar-refractivity contribution < 1.29 is 14.3 Å². The van der Waals surface area contributed by atoms with Gasteiger partial charge < -0.3 is 4.74 Å². The molecule has 0 radical (unpaired) electrons. The molecule has 7 atom stereocenters. The Hall–Kier alpha value is -0.700. The number of carbonyl (C=O) groups is 2. The van der Waals surface area contributed by atoms with Crippen molar-refractivity contribution in [1.29, 1.82) is 0 Å². The average Bonchev–Trinajstić information content (AvgIpc) is 2.57. The number of rotatable bonds is 0. The predicted octanol–water partition coefficient (Wildman–Crippen LogP) is 1.06. The molecule has 0 N–H and O–H groups in total. The van der Waals surface area contributed by atoms with E-state index in [0.717, 1.165) is 6.61 Å². The summed E-state index contributed by atoms with van der Waals surface area (Å²) in [5.74, 6) is 2.55. The van der Waals surface area contributed by atoms with E-state index in [-0.39, 0.29) is 28.8 Å². The maximum Gasteiger partial charge on any atom is 0.145 e. The molecule has 4 aliphatic carbocycles. The monoisotopic (exact) mass is 232 g/mol. The summed E-state index contributed by atoms with van der Waals surface area (Å²) in [6, 6.07) is 0. The highest BCUT2D eigenvalue weighted by Gasteiger charge is 2.92. The second kappa shape index (κ2) is 2.13. The Morgan fingerprint density at radius 3 is 2.71 bits per heavy atom.